The van der Waals surface area contributed by atoms with Gasteiger partial charge in [-0.25, -0.2) is 0 Å². The number of nitrogens with one attached hydrogen (secondary N) is 2. The molecule has 1 aromatic carbocycles. The Morgan fingerprint density at radius 1 is 1.11 bits per heavy atom. The van der Waals surface area contributed by atoms with Gasteiger partial charge in [-0.2, -0.15) is 0 Å². The summed E-state index contributed by atoms with van der Waals surface area (Å²) in [6.07, 6.45) is 10.3. The highest BCUT2D eigenvalue weighted by atomic mass is 35.5. The Hall–Kier alpha value is -1.10. The van der Waals surface area contributed by atoms with E-state index in [1.54, 1.807) is 12.1 Å². The highest BCUT2D eigenvalue weighted by Gasteiger charge is 2.24. The van der Waals surface area contributed by atoms with E-state index in [9.17, 15) is 9.90 Å². The van der Waals surface area contributed by atoms with E-state index in [1.165, 1.54) is 44.9 Å². The first-order valence-electron chi connectivity index (χ1n) is 10.6. The fourth-order valence-electron chi connectivity index (χ4n) is 4.41. The van der Waals surface area contributed by atoms with Gasteiger partial charge in [0.25, 0.3) is 5.91 Å². The van der Waals surface area contributed by atoms with Crippen LogP contribution in [0.4, 0.5) is 0 Å². The SMILES string of the molecule is O=C(NCC1CCCCCCC1)c1cc(C(O)C2CCNCC2)ccc1Cl. The molecule has 0 bridgehead atoms. The summed E-state index contributed by atoms with van der Waals surface area (Å²) in [7, 11) is 0. The van der Waals surface area contributed by atoms with Crippen LogP contribution in [-0.4, -0.2) is 30.6 Å². The number of carbonyl (C=O) groups is 1. The minimum Gasteiger partial charge on any atom is -0.388 e. The van der Waals surface area contributed by atoms with Crippen LogP contribution >= 0.6 is 11.6 Å². The molecule has 1 saturated heterocycles. The standard InChI is InChI=1S/C22H33ClN2O2/c23-20-9-8-18(21(26)17-10-12-24-13-11-17)14-19(20)22(27)25-15-16-6-4-2-1-3-5-7-16/h8-9,14,16-17,21,24,26H,1-7,10-13,15H2,(H,25,27). The number of hydrogen-bond donors (Lipinski definition) is 3. The number of halogens is 1. The summed E-state index contributed by atoms with van der Waals surface area (Å²) in [4.78, 5) is 12.7. The van der Waals surface area contributed by atoms with Gasteiger partial charge in [-0.15, -0.1) is 0 Å². The molecule has 3 N–H and O–H groups in total. The van der Waals surface area contributed by atoms with E-state index >= 15 is 0 Å². The summed E-state index contributed by atoms with van der Waals surface area (Å²) in [5, 5.41) is 17.6. The van der Waals surface area contributed by atoms with Gasteiger partial charge in [0.05, 0.1) is 16.7 Å². The average Bonchev–Trinajstić information content (AvgIpc) is 2.67. The van der Waals surface area contributed by atoms with Crippen molar-refractivity contribution in [1.82, 2.24) is 10.6 Å². The third-order valence-corrected chi connectivity index (χ3v) is 6.51. The smallest absolute Gasteiger partial charge is 0.252 e. The number of hydrogen-bond acceptors (Lipinski definition) is 3. The fourth-order valence-corrected chi connectivity index (χ4v) is 4.61. The number of aliphatic hydroxyl groups excluding tert-OH is 1. The quantitative estimate of drug-likeness (QED) is 0.693. The van der Waals surface area contributed by atoms with Gasteiger partial charge in [-0.1, -0.05) is 49.8 Å². The first kappa shape index (κ1) is 20.6. The molecule has 1 amide bonds. The number of carbonyl (C=O) groups excluding carboxylic acids is 1. The normalized spacial score (nSPS) is 21.3. The van der Waals surface area contributed by atoms with Crippen molar-refractivity contribution in [3.63, 3.8) is 0 Å². The molecule has 1 aromatic rings. The summed E-state index contributed by atoms with van der Waals surface area (Å²) in [6, 6.07) is 5.37. The highest BCUT2D eigenvalue weighted by molar-refractivity contribution is 6.33. The molecule has 1 saturated carbocycles. The lowest BCUT2D eigenvalue weighted by molar-refractivity contribution is 0.0884. The van der Waals surface area contributed by atoms with Crippen molar-refractivity contribution >= 4 is 17.5 Å². The molecular weight excluding hydrogens is 360 g/mol. The fraction of sp³-hybridized carbons (Fsp3) is 0.682. The number of amides is 1. The molecular formula is C22H33ClN2O2. The zero-order valence-corrected chi connectivity index (χ0v) is 16.9. The number of piperidine rings is 1. The first-order chi connectivity index (χ1) is 13.1. The Morgan fingerprint density at radius 2 is 1.78 bits per heavy atom. The maximum Gasteiger partial charge on any atom is 0.252 e. The Morgan fingerprint density at radius 3 is 2.48 bits per heavy atom. The molecule has 0 radical (unpaired) electrons. The second-order valence-corrected chi connectivity index (χ2v) is 8.60. The zero-order chi connectivity index (χ0) is 19.1. The van der Waals surface area contributed by atoms with Gasteiger partial charge in [0.2, 0.25) is 0 Å². The van der Waals surface area contributed by atoms with Crippen molar-refractivity contribution in [2.75, 3.05) is 19.6 Å². The molecule has 2 fully saturated rings. The van der Waals surface area contributed by atoms with E-state index in [4.69, 9.17) is 11.6 Å². The minimum atomic E-state index is -0.540. The van der Waals surface area contributed by atoms with Crippen molar-refractivity contribution in [1.29, 1.82) is 0 Å². The van der Waals surface area contributed by atoms with Crippen molar-refractivity contribution < 1.29 is 9.90 Å². The monoisotopic (exact) mass is 392 g/mol. The maximum atomic E-state index is 12.7. The molecule has 1 aliphatic carbocycles. The lowest BCUT2D eigenvalue weighted by atomic mass is 9.87. The third-order valence-electron chi connectivity index (χ3n) is 6.18. The highest BCUT2D eigenvalue weighted by Crippen LogP contribution is 2.31. The molecule has 4 nitrogen and oxygen atoms in total. The number of aliphatic hydroxyl groups is 1. The molecule has 0 aromatic heterocycles. The van der Waals surface area contributed by atoms with E-state index in [2.05, 4.69) is 10.6 Å². The Bertz CT molecular complexity index is 608. The number of rotatable bonds is 5. The predicted molar refractivity (Wildman–Crippen MR) is 110 cm³/mol. The van der Waals surface area contributed by atoms with Crippen LogP contribution in [-0.2, 0) is 0 Å². The Balaban J connectivity index is 1.61. The summed E-state index contributed by atoms with van der Waals surface area (Å²) in [5.41, 5.74) is 1.27. The molecule has 1 heterocycles. The van der Waals surface area contributed by atoms with Gasteiger partial charge in [0.1, 0.15) is 0 Å². The molecule has 27 heavy (non-hydrogen) atoms. The second-order valence-electron chi connectivity index (χ2n) is 8.19. The summed E-state index contributed by atoms with van der Waals surface area (Å²) >= 11 is 6.30. The van der Waals surface area contributed by atoms with Gasteiger partial charge in [-0.3, -0.25) is 4.79 Å². The van der Waals surface area contributed by atoms with Crippen LogP contribution in [0.2, 0.25) is 5.02 Å². The molecule has 0 spiro atoms. The average molecular weight is 393 g/mol. The van der Waals surface area contributed by atoms with E-state index < -0.39 is 6.10 Å². The van der Waals surface area contributed by atoms with Crippen LogP contribution in [0, 0.1) is 11.8 Å². The largest absolute Gasteiger partial charge is 0.388 e. The molecule has 3 rings (SSSR count). The summed E-state index contributed by atoms with van der Waals surface area (Å²) < 4.78 is 0. The van der Waals surface area contributed by atoms with E-state index in [-0.39, 0.29) is 11.8 Å². The molecule has 5 heteroatoms. The number of benzene rings is 1. The predicted octanol–water partition coefficient (Wildman–Crippen LogP) is 4.46. The summed E-state index contributed by atoms with van der Waals surface area (Å²) in [6.45, 7) is 2.59. The zero-order valence-electron chi connectivity index (χ0n) is 16.2. The molecule has 1 aliphatic heterocycles. The topological polar surface area (TPSA) is 61.4 Å². The molecule has 1 unspecified atom stereocenters. The van der Waals surface area contributed by atoms with Crippen LogP contribution in [0.15, 0.2) is 18.2 Å². The van der Waals surface area contributed by atoms with Crippen molar-refractivity contribution in [3.05, 3.63) is 34.3 Å². The van der Waals surface area contributed by atoms with Gasteiger partial charge < -0.3 is 15.7 Å². The van der Waals surface area contributed by atoms with Crippen LogP contribution in [0.3, 0.4) is 0 Å². The third kappa shape index (κ3) is 5.94. The van der Waals surface area contributed by atoms with Crippen LogP contribution in [0.5, 0.6) is 0 Å². The Kier molecular flexibility index (Phi) is 7.98. The van der Waals surface area contributed by atoms with Crippen LogP contribution < -0.4 is 10.6 Å². The van der Waals surface area contributed by atoms with Gasteiger partial charge >= 0.3 is 0 Å². The Labute approximate surface area is 168 Å². The summed E-state index contributed by atoms with van der Waals surface area (Å²) in [5.74, 6) is 0.677. The minimum absolute atomic E-state index is 0.124. The van der Waals surface area contributed by atoms with Crippen molar-refractivity contribution in [2.45, 2.75) is 63.9 Å². The lowest BCUT2D eigenvalue weighted by Gasteiger charge is -2.27. The van der Waals surface area contributed by atoms with Gasteiger partial charge in [0.15, 0.2) is 0 Å². The molecule has 150 valence electrons. The van der Waals surface area contributed by atoms with Crippen molar-refractivity contribution in [3.8, 4) is 0 Å². The van der Waals surface area contributed by atoms with E-state index in [0.717, 1.165) is 38.0 Å². The van der Waals surface area contributed by atoms with Gasteiger partial charge in [-0.05, 0) is 68.3 Å². The molecule has 2 aliphatic rings. The van der Waals surface area contributed by atoms with E-state index in [1.807, 2.05) is 6.07 Å². The van der Waals surface area contributed by atoms with E-state index in [0.29, 0.717) is 16.5 Å². The van der Waals surface area contributed by atoms with Gasteiger partial charge in [0, 0.05) is 6.54 Å². The lowest BCUT2D eigenvalue weighted by Crippen LogP contribution is -2.31. The van der Waals surface area contributed by atoms with Crippen LogP contribution in [0.1, 0.15) is 79.8 Å². The second kappa shape index (κ2) is 10.4. The molecule has 1 atom stereocenters. The van der Waals surface area contributed by atoms with Crippen LogP contribution in [0.25, 0.3) is 0 Å². The van der Waals surface area contributed by atoms with Crippen molar-refractivity contribution in [2.24, 2.45) is 11.8 Å². The first-order valence-corrected chi connectivity index (χ1v) is 11.0. The maximum absolute atomic E-state index is 12.7.